The zero-order valence-electron chi connectivity index (χ0n) is 10.6. The van der Waals surface area contributed by atoms with Crippen molar-refractivity contribution in [1.82, 2.24) is 14.7 Å². The van der Waals surface area contributed by atoms with E-state index in [1.165, 1.54) is 18.5 Å². The van der Waals surface area contributed by atoms with Gasteiger partial charge in [-0.25, -0.2) is 13.1 Å². The molecule has 20 heavy (non-hydrogen) atoms. The lowest BCUT2D eigenvalue weighted by Gasteiger charge is -2.06. The van der Waals surface area contributed by atoms with E-state index in [1.54, 1.807) is 6.07 Å². The molecule has 2 N–H and O–H groups in total. The first-order chi connectivity index (χ1) is 9.65. The van der Waals surface area contributed by atoms with Gasteiger partial charge in [-0.15, -0.1) is 0 Å². The molecular formula is C14H13N3O2S. The summed E-state index contributed by atoms with van der Waals surface area (Å²) in [6.45, 7) is 0.242. The minimum absolute atomic E-state index is 0.168. The van der Waals surface area contributed by atoms with Gasteiger partial charge in [0.2, 0.25) is 10.0 Å². The molecule has 3 rings (SSSR count). The molecule has 0 atom stereocenters. The van der Waals surface area contributed by atoms with Crippen LogP contribution >= 0.6 is 0 Å². The molecule has 0 aliphatic heterocycles. The molecule has 0 aliphatic rings. The average Bonchev–Trinajstić information content (AvgIpc) is 2.94. The summed E-state index contributed by atoms with van der Waals surface area (Å²) < 4.78 is 26.7. The smallest absolute Gasteiger partial charge is 0.242 e. The van der Waals surface area contributed by atoms with Crippen LogP contribution in [0.4, 0.5) is 0 Å². The number of pyridine rings is 1. The second-order valence-corrected chi connectivity index (χ2v) is 6.18. The first kappa shape index (κ1) is 12.8. The molecule has 0 saturated heterocycles. The fourth-order valence-electron chi connectivity index (χ4n) is 1.97. The molecule has 0 unspecified atom stereocenters. The standard InChI is InChI=1S/C14H13N3O2S/c18-20(19,13-2-1-6-15-10-13)17-9-11-3-4-12-5-7-16-14(12)8-11/h1-8,10,16-17H,9H2. The van der Waals surface area contributed by atoms with Gasteiger partial charge in [0.05, 0.1) is 0 Å². The van der Waals surface area contributed by atoms with Crippen LogP contribution in [0.15, 0.2) is 59.9 Å². The number of hydrogen-bond acceptors (Lipinski definition) is 3. The Labute approximate surface area is 116 Å². The molecule has 0 amide bonds. The number of rotatable bonds is 4. The first-order valence-corrected chi connectivity index (χ1v) is 7.59. The quantitative estimate of drug-likeness (QED) is 0.771. The monoisotopic (exact) mass is 287 g/mol. The molecule has 0 fully saturated rings. The van der Waals surface area contributed by atoms with Crippen molar-refractivity contribution in [1.29, 1.82) is 0 Å². The molecule has 2 heterocycles. The predicted octanol–water partition coefficient (Wildman–Crippen LogP) is 2.04. The maximum atomic E-state index is 12.1. The summed E-state index contributed by atoms with van der Waals surface area (Å²) in [5.41, 5.74) is 1.88. The number of aromatic nitrogens is 2. The zero-order valence-corrected chi connectivity index (χ0v) is 11.4. The van der Waals surface area contributed by atoms with Crippen molar-refractivity contribution in [2.24, 2.45) is 0 Å². The van der Waals surface area contributed by atoms with Gasteiger partial charge in [-0.2, -0.15) is 0 Å². The highest BCUT2D eigenvalue weighted by Gasteiger charge is 2.13. The summed E-state index contributed by atoms with van der Waals surface area (Å²) in [5, 5.41) is 1.10. The maximum absolute atomic E-state index is 12.1. The number of H-pyrrole nitrogens is 1. The minimum atomic E-state index is -3.52. The molecule has 0 saturated carbocycles. The number of fused-ring (bicyclic) bond motifs is 1. The molecule has 3 aromatic rings. The van der Waals surface area contributed by atoms with E-state index in [1.807, 2.05) is 30.5 Å². The van der Waals surface area contributed by atoms with E-state index in [2.05, 4.69) is 14.7 Å². The second kappa shape index (κ2) is 5.07. The Hall–Kier alpha value is -2.18. The van der Waals surface area contributed by atoms with Crippen LogP contribution in [0.3, 0.4) is 0 Å². The molecule has 5 nitrogen and oxygen atoms in total. The van der Waals surface area contributed by atoms with Gasteiger partial charge in [-0.05, 0) is 35.2 Å². The Balaban J connectivity index is 1.79. The van der Waals surface area contributed by atoms with Gasteiger partial charge in [-0.3, -0.25) is 4.98 Å². The van der Waals surface area contributed by atoms with E-state index in [9.17, 15) is 8.42 Å². The van der Waals surface area contributed by atoms with E-state index in [-0.39, 0.29) is 11.4 Å². The Bertz CT molecular complexity index is 826. The summed E-state index contributed by atoms with van der Waals surface area (Å²) in [5.74, 6) is 0. The second-order valence-electron chi connectivity index (χ2n) is 4.41. The van der Waals surface area contributed by atoms with Crippen molar-refractivity contribution in [3.63, 3.8) is 0 Å². The molecule has 102 valence electrons. The summed E-state index contributed by atoms with van der Waals surface area (Å²) in [6.07, 6.45) is 4.73. The van der Waals surface area contributed by atoms with E-state index < -0.39 is 10.0 Å². The van der Waals surface area contributed by atoms with Crippen LogP contribution in [-0.4, -0.2) is 18.4 Å². The van der Waals surface area contributed by atoms with Crippen LogP contribution in [0, 0.1) is 0 Å². The number of aromatic amines is 1. The summed E-state index contributed by atoms with van der Waals surface area (Å²) in [7, 11) is -3.52. The van der Waals surface area contributed by atoms with Gasteiger partial charge in [0.15, 0.2) is 0 Å². The van der Waals surface area contributed by atoms with Crippen molar-refractivity contribution >= 4 is 20.9 Å². The fraction of sp³-hybridized carbons (Fsp3) is 0.0714. The number of nitrogens with one attached hydrogen (secondary N) is 2. The Morgan fingerprint density at radius 1 is 1.20 bits per heavy atom. The van der Waals surface area contributed by atoms with E-state index in [4.69, 9.17) is 0 Å². The Kier molecular flexibility index (Phi) is 3.25. The third kappa shape index (κ3) is 2.56. The van der Waals surface area contributed by atoms with Gasteiger partial charge < -0.3 is 4.98 Å². The first-order valence-electron chi connectivity index (χ1n) is 6.11. The third-order valence-electron chi connectivity index (χ3n) is 3.03. The largest absolute Gasteiger partial charge is 0.361 e. The number of benzene rings is 1. The number of hydrogen-bond donors (Lipinski definition) is 2. The summed E-state index contributed by atoms with van der Waals surface area (Å²) in [6, 6.07) is 10.9. The highest BCUT2D eigenvalue weighted by atomic mass is 32.2. The normalized spacial score (nSPS) is 11.8. The highest BCUT2D eigenvalue weighted by molar-refractivity contribution is 7.89. The molecule has 0 bridgehead atoms. The predicted molar refractivity (Wildman–Crippen MR) is 76.6 cm³/mol. The lowest BCUT2D eigenvalue weighted by molar-refractivity contribution is 0.581. The maximum Gasteiger partial charge on any atom is 0.242 e. The lowest BCUT2D eigenvalue weighted by Crippen LogP contribution is -2.23. The minimum Gasteiger partial charge on any atom is -0.361 e. The molecule has 6 heteroatoms. The SMILES string of the molecule is O=S(=O)(NCc1ccc2cc[nH]c2c1)c1cccnc1. The molecular weight excluding hydrogens is 274 g/mol. The molecule has 1 aromatic carbocycles. The summed E-state index contributed by atoms with van der Waals surface area (Å²) >= 11 is 0. The van der Waals surface area contributed by atoms with Crippen LogP contribution in [-0.2, 0) is 16.6 Å². The highest BCUT2D eigenvalue weighted by Crippen LogP contribution is 2.14. The Morgan fingerprint density at radius 2 is 2.10 bits per heavy atom. The molecule has 0 spiro atoms. The average molecular weight is 287 g/mol. The van der Waals surface area contributed by atoms with Gasteiger partial charge in [0, 0.05) is 30.7 Å². The van der Waals surface area contributed by atoms with Crippen molar-refractivity contribution in [3.8, 4) is 0 Å². The van der Waals surface area contributed by atoms with Gasteiger partial charge >= 0.3 is 0 Å². The van der Waals surface area contributed by atoms with Gasteiger partial charge in [-0.1, -0.05) is 12.1 Å². The third-order valence-corrected chi connectivity index (χ3v) is 4.42. The van der Waals surface area contributed by atoms with Crippen LogP contribution in [0.5, 0.6) is 0 Å². The molecule has 0 aliphatic carbocycles. The summed E-state index contributed by atoms with van der Waals surface area (Å²) in [4.78, 5) is 7.08. The number of sulfonamides is 1. The van der Waals surface area contributed by atoms with Crippen LogP contribution in [0.1, 0.15) is 5.56 Å². The van der Waals surface area contributed by atoms with Crippen molar-refractivity contribution < 1.29 is 8.42 Å². The topological polar surface area (TPSA) is 74.8 Å². The number of nitrogens with zero attached hydrogens (tertiary/aromatic N) is 1. The molecule has 0 radical (unpaired) electrons. The molecule has 2 aromatic heterocycles. The van der Waals surface area contributed by atoms with Gasteiger partial charge in [0.25, 0.3) is 0 Å². The van der Waals surface area contributed by atoms with Crippen molar-refractivity contribution in [2.75, 3.05) is 0 Å². The van der Waals surface area contributed by atoms with Gasteiger partial charge in [0.1, 0.15) is 4.90 Å². The van der Waals surface area contributed by atoms with E-state index >= 15 is 0 Å². The van der Waals surface area contributed by atoms with Crippen LogP contribution < -0.4 is 4.72 Å². The van der Waals surface area contributed by atoms with Crippen LogP contribution in [0.2, 0.25) is 0 Å². The van der Waals surface area contributed by atoms with Crippen molar-refractivity contribution in [3.05, 3.63) is 60.6 Å². The zero-order chi connectivity index (χ0) is 14.0. The fourth-order valence-corrected chi connectivity index (χ4v) is 2.95. The van der Waals surface area contributed by atoms with Crippen LogP contribution in [0.25, 0.3) is 10.9 Å². The van der Waals surface area contributed by atoms with Crippen molar-refractivity contribution in [2.45, 2.75) is 11.4 Å². The van der Waals surface area contributed by atoms with E-state index in [0.29, 0.717) is 0 Å². The van der Waals surface area contributed by atoms with E-state index in [0.717, 1.165) is 16.5 Å². The Morgan fingerprint density at radius 3 is 2.90 bits per heavy atom. The lowest BCUT2D eigenvalue weighted by atomic mass is 10.2.